The molecule has 0 saturated carbocycles. The number of carboxylic acids is 1. The number of carboxylic acid groups (broad SMARTS) is 1. The molecule has 0 aromatic heterocycles. The number of rotatable bonds is 7. The van der Waals surface area contributed by atoms with Crippen LogP contribution in [-0.4, -0.2) is 52.7 Å². The molecule has 1 aromatic carbocycles. The van der Waals surface area contributed by atoms with E-state index in [1.54, 1.807) is 29.2 Å². The maximum Gasteiger partial charge on any atom is 0.322 e. The smallest absolute Gasteiger partial charge is 0.322 e. The third kappa shape index (κ3) is 5.14. The van der Waals surface area contributed by atoms with Gasteiger partial charge in [-0.1, -0.05) is 24.3 Å². The van der Waals surface area contributed by atoms with Crippen molar-refractivity contribution in [2.75, 3.05) is 13.1 Å². The summed E-state index contributed by atoms with van der Waals surface area (Å²) in [5.74, 6) is -1.66. The highest BCUT2D eigenvalue weighted by Gasteiger charge is 2.31. The Bertz CT molecular complexity index is 686. The molecule has 2 rings (SSSR count). The normalized spacial score (nSPS) is 16.5. The van der Waals surface area contributed by atoms with Crippen molar-refractivity contribution in [1.29, 1.82) is 0 Å². The predicted molar refractivity (Wildman–Crippen MR) is 89.9 cm³/mol. The number of nitrogens with one attached hydrogen (secondary N) is 1. The lowest BCUT2D eigenvalue weighted by atomic mass is 10.0. The van der Waals surface area contributed by atoms with E-state index in [1.165, 1.54) is 6.92 Å². The first-order valence-electron chi connectivity index (χ1n) is 8.23. The second-order valence-electron chi connectivity index (χ2n) is 6.15. The Labute approximate surface area is 146 Å². The van der Waals surface area contributed by atoms with Gasteiger partial charge >= 0.3 is 5.97 Å². The summed E-state index contributed by atoms with van der Waals surface area (Å²) in [5, 5.41) is 10.9. The van der Waals surface area contributed by atoms with Gasteiger partial charge in [0.2, 0.25) is 11.8 Å². The molecule has 2 amide bonds. The zero-order valence-electron chi connectivity index (χ0n) is 14.2. The third-order valence-electron chi connectivity index (χ3n) is 4.29. The first-order valence-corrected chi connectivity index (χ1v) is 8.23. The lowest BCUT2D eigenvalue weighted by molar-refractivity contribution is -0.137. The van der Waals surface area contributed by atoms with Gasteiger partial charge in [-0.25, -0.2) is 0 Å². The van der Waals surface area contributed by atoms with Crippen molar-refractivity contribution < 1.29 is 24.3 Å². The third-order valence-corrected chi connectivity index (χ3v) is 4.29. The molecule has 7 heteroatoms. The van der Waals surface area contributed by atoms with Crippen LogP contribution in [-0.2, 0) is 32.0 Å². The summed E-state index contributed by atoms with van der Waals surface area (Å²) in [5.41, 5.74) is 1.39. The highest BCUT2D eigenvalue weighted by molar-refractivity contribution is 5.89. The number of carbonyl (C=O) groups is 4. The van der Waals surface area contributed by atoms with E-state index in [4.69, 9.17) is 5.11 Å². The van der Waals surface area contributed by atoms with E-state index in [1.807, 2.05) is 0 Å². The molecule has 1 aliphatic heterocycles. The van der Waals surface area contributed by atoms with Gasteiger partial charge in [-0.3, -0.25) is 19.2 Å². The molecule has 0 bridgehead atoms. The van der Waals surface area contributed by atoms with Gasteiger partial charge in [-0.2, -0.15) is 0 Å². The molecule has 1 aromatic rings. The topological polar surface area (TPSA) is 104 Å². The van der Waals surface area contributed by atoms with Crippen LogP contribution in [0.15, 0.2) is 24.3 Å². The second kappa shape index (κ2) is 8.41. The molecule has 0 spiro atoms. The van der Waals surface area contributed by atoms with Gasteiger partial charge in [0, 0.05) is 6.54 Å². The molecule has 0 unspecified atom stereocenters. The van der Waals surface area contributed by atoms with E-state index in [2.05, 4.69) is 5.32 Å². The standard InChI is InChI=1S/C18H22N2O5/c1-12(21)15-7-4-8-20(15)17(23)10-14-6-3-2-5-13(14)9-16(22)19-11-18(24)25/h2-3,5-6,15H,4,7-11H2,1H3,(H,19,22)(H,24,25)/t15-/m0/s1. The Morgan fingerprint density at radius 2 is 1.80 bits per heavy atom. The molecule has 1 fully saturated rings. The first-order chi connectivity index (χ1) is 11.9. The van der Waals surface area contributed by atoms with Crippen LogP contribution >= 0.6 is 0 Å². The minimum atomic E-state index is -1.11. The van der Waals surface area contributed by atoms with E-state index < -0.39 is 18.4 Å². The Morgan fingerprint density at radius 3 is 2.40 bits per heavy atom. The second-order valence-corrected chi connectivity index (χ2v) is 6.15. The number of hydrogen-bond donors (Lipinski definition) is 2. The number of hydrogen-bond acceptors (Lipinski definition) is 4. The molecule has 134 valence electrons. The van der Waals surface area contributed by atoms with E-state index in [9.17, 15) is 19.2 Å². The Hall–Kier alpha value is -2.70. The summed E-state index contributed by atoms with van der Waals surface area (Å²) in [4.78, 5) is 48.2. The molecule has 25 heavy (non-hydrogen) atoms. The SMILES string of the molecule is CC(=O)[C@@H]1CCCN1C(=O)Cc1ccccc1CC(=O)NCC(=O)O. The average Bonchev–Trinajstić information content (AvgIpc) is 3.05. The molecule has 2 N–H and O–H groups in total. The zero-order chi connectivity index (χ0) is 18.4. The maximum atomic E-state index is 12.6. The fourth-order valence-corrected chi connectivity index (χ4v) is 3.06. The maximum absolute atomic E-state index is 12.6. The summed E-state index contributed by atoms with van der Waals surface area (Å²) >= 11 is 0. The molecular weight excluding hydrogens is 324 g/mol. The quantitative estimate of drug-likeness (QED) is 0.750. The van der Waals surface area contributed by atoms with Gasteiger partial charge in [-0.15, -0.1) is 0 Å². The van der Waals surface area contributed by atoms with Crippen LogP contribution in [0.2, 0.25) is 0 Å². The number of aliphatic carboxylic acids is 1. The van der Waals surface area contributed by atoms with Crippen molar-refractivity contribution in [2.45, 2.75) is 38.6 Å². The van der Waals surface area contributed by atoms with Gasteiger partial charge < -0.3 is 15.3 Å². The Morgan fingerprint density at radius 1 is 1.16 bits per heavy atom. The first kappa shape index (κ1) is 18.6. The lowest BCUT2D eigenvalue weighted by Gasteiger charge is -2.23. The van der Waals surface area contributed by atoms with Crippen molar-refractivity contribution in [3.63, 3.8) is 0 Å². The summed E-state index contributed by atoms with van der Waals surface area (Å²) in [7, 11) is 0. The molecule has 7 nitrogen and oxygen atoms in total. The van der Waals surface area contributed by atoms with Crippen LogP contribution < -0.4 is 5.32 Å². The molecular formula is C18H22N2O5. The Balaban J connectivity index is 2.05. The van der Waals surface area contributed by atoms with Crippen LogP contribution in [0.25, 0.3) is 0 Å². The molecule has 1 aliphatic rings. The van der Waals surface area contributed by atoms with E-state index in [0.717, 1.165) is 6.42 Å². The van der Waals surface area contributed by atoms with Crippen LogP contribution in [0, 0.1) is 0 Å². The van der Waals surface area contributed by atoms with Crippen molar-refractivity contribution in [2.24, 2.45) is 0 Å². The number of benzene rings is 1. The summed E-state index contributed by atoms with van der Waals surface area (Å²) in [6, 6.07) is 6.72. The summed E-state index contributed by atoms with van der Waals surface area (Å²) < 4.78 is 0. The fourth-order valence-electron chi connectivity index (χ4n) is 3.06. The van der Waals surface area contributed by atoms with Crippen LogP contribution in [0.1, 0.15) is 30.9 Å². The largest absolute Gasteiger partial charge is 0.480 e. The number of Topliss-reactive ketones (excluding diaryl/α,β-unsaturated/α-hetero) is 1. The zero-order valence-corrected chi connectivity index (χ0v) is 14.2. The number of likely N-dealkylation sites (tertiary alicyclic amines) is 1. The molecule has 1 saturated heterocycles. The molecule has 0 radical (unpaired) electrons. The van der Waals surface area contributed by atoms with Gasteiger partial charge in [0.1, 0.15) is 6.54 Å². The minimum Gasteiger partial charge on any atom is -0.480 e. The number of carbonyl (C=O) groups excluding carboxylic acids is 3. The van der Waals surface area contributed by atoms with Crippen molar-refractivity contribution in [1.82, 2.24) is 10.2 Å². The van der Waals surface area contributed by atoms with Crippen molar-refractivity contribution in [3.8, 4) is 0 Å². The molecule has 0 aliphatic carbocycles. The molecule has 1 atom stereocenters. The number of amides is 2. The fraction of sp³-hybridized carbons (Fsp3) is 0.444. The van der Waals surface area contributed by atoms with Gasteiger partial charge in [0.25, 0.3) is 0 Å². The average molecular weight is 346 g/mol. The van der Waals surface area contributed by atoms with Crippen LogP contribution in [0.3, 0.4) is 0 Å². The van der Waals surface area contributed by atoms with E-state index >= 15 is 0 Å². The Kier molecular flexibility index (Phi) is 6.27. The van der Waals surface area contributed by atoms with Gasteiger partial charge in [0.15, 0.2) is 5.78 Å². The van der Waals surface area contributed by atoms with Crippen LogP contribution in [0.4, 0.5) is 0 Å². The van der Waals surface area contributed by atoms with E-state index in [-0.39, 0.29) is 30.6 Å². The number of nitrogens with zero attached hydrogens (tertiary/aromatic N) is 1. The van der Waals surface area contributed by atoms with Crippen molar-refractivity contribution in [3.05, 3.63) is 35.4 Å². The van der Waals surface area contributed by atoms with E-state index in [0.29, 0.717) is 24.1 Å². The van der Waals surface area contributed by atoms with Gasteiger partial charge in [-0.05, 0) is 30.9 Å². The highest BCUT2D eigenvalue weighted by Crippen LogP contribution is 2.20. The predicted octanol–water partition coefficient (Wildman–Crippen LogP) is 0.552. The monoisotopic (exact) mass is 346 g/mol. The summed E-state index contributed by atoms with van der Waals surface area (Å²) in [6.07, 6.45) is 1.63. The van der Waals surface area contributed by atoms with Crippen LogP contribution in [0.5, 0.6) is 0 Å². The molecule has 1 heterocycles. The minimum absolute atomic E-state index is 0.00682. The van der Waals surface area contributed by atoms with Gasteiger partial charge in [0.05, 0.1) is 18.9 Å². The van der Waals surface area contributed by atoms with Crippen molar-refractivity contribution >= 4 is 23.6 Å². The highest BCUT2D eigenvalue weighted by atomic mass is 16.4. The lowest BCUT2D eigenvalue weighted by Crippen LogP contribution is -2.40. The summed E-state index contributed by atoms with van der Waals surface area (Å²) in [6.45, 7) is 1.63. The number of ketones is 1.